The van der Waals surface area contributed by atoms with Gasteiger partial charge >= 0.3 is 5.97 Å². The van der Waals surface area contributed by atoms with E-state index < -0.39 is 5.97 Å². The lowest BCUT2D eigenvalue weighted by atomic mass is 9.99. The number of hydrogen-bond acceptors (Lipinski definition) is 3. The van der Waals surface area contributed by atoms with E-state index in [0.717, 1.165) is 0 Å². The summed E-state index contributed by atoms with van der Waals surface area (Å²) in [7, 11) is 0. The minimum Gasteiger partial charge on any atom is -0.481 e. The summed E-state index contributed by atoms with van der Waals surface area (Å²) >= 11 is 0. The first-order chi connectivity index (χ1) is 7.19. The maximum absolute atomic E-state index is 10.4. The first kappa shape index (κ1) is 10.7. The summed E-state index contributed by atoms with van der Waals surface area (Å²) in [5.74, 6) is -0.916. The number of carboxylic acids is 1. The lowest BCUT2D eigenvalue weighted by Crippen LogP contribution is -2.00. The molecule has 1 N–H and O–H groups in total. The van der Waals surface area contributed by atoms with Crippen LogP contribution in [0.2, 0.25) is 0 Å². The smallest absolute Gasteiger partial charge is 0.303 e. The van der Waals surface area contributed by atoms with Gasteiger partial charge in [0, 0.05) is 6.42 Å². The molecule has 1 aromatic carbocycles. The summed E-state index contributed by atoms with van der Waals surface area (Å²) in [6, 6.07) is 8.69. The van der Waals surface area contributed by atoms with Crippen LogP contribution >= 0.6 is 0 Å². The second-order valence-electron chi connectivity index (χ2n) is 2.96. The molecule has 0 saturated heterocycles. The molecule has 0 atom stereocenters. The molecule has 15 heavy (non-hydrogen) atoms. The molecule has 0 aliphatic carbocycles. The second kappa shape index (κ2) is 4.78. The van der Waals surface area contributed by atoms with Crippen LogP contribution in [0.4, 0.5) is 0 Å². The predicted octanol–water partition coefficient (Wildman–Crippen LogP) is 1.45. The van der Waals surface area contributed by atoms with Crippen LogP contribution in [0.1, 0.15) is 23.1 Å². The molecule has 0 aliphatic rings. The predicted molar refractivity (Wildman–Crippen MR) is 51.8 cm³/mol. The SMILES string of the molecule is N#Cc1cccc(CCC(=O)O)c1C#N. The molecule has 0 spiro atoms. The topological polar surface area (TPSA) is 84.9 Å². The van der Waals surface area contributed by atoms with Crippen LogP contribution in [0.15, 0.2) is 18.2 Å². The van der Waals surface area contributed by atoms with Crippen molar-refractivity contribution in [3.8, 4) is 12.1 Å². The van der Waals surface area contributed by atoms with Crippen molar-refractivity contribution in [3.05, 3.63) is 34.9 Å². The lowest BCUT2D eigenvalue weighted by Gasteiger charge is -2.02. The molecule has 4 heteroatoms. The van der Waals surface area contributed by atoms with Gasteiger partial charge in [-0.3, -0.25) is 4.79 Å². The third kappa shape index (κ3) is 2.55. The average Bonchev–Trinajstić information content (AvgIpc) is 2.25. The Morgan fingerprint density at radius 2 is 2.07 bits per heavy atom. The van der Waals surface area contributed by atoms with Crippen LogP contribution in [-0.4, -0.2) is 11.1 Å². The molecule has 74 valence electrons. The molecule has 4 nitrogen and oxygen atoms in total. The van der Waals surface area contributed by atoms with Gasteiger partial charge in [-0.2, -0.15) is 10.5 Å². The molecule has 0 aliphatic heterocycles. The second-order valence-corrected chi connectivity index (χ2v) is 2.96. The van der Waals surface area contributed by atoms with E-state index >= 15 is 0 Å². The number of rotatable bonds is 3. The van der Waals surface area contributed by atoms with E-state index in [0.29, 0.717) is 11.1 Å². The van der Waals surface area contributed by atoms with Crippen LogP contribution in [0.5, 0.6) is 0 Å². The molecule has 1 aromatic rings. The van der Waals surface area contributed by atoms with Gasteiger partial charge in [-0.05, 0) is 18.1 Å². The van der Waals surface area contributed by atoms with Crippen molar-refractivity contribution >= 4 is 5.97 Å². The standard InChI is InChI=1S/C11H8N2O2/c12-6-9-3-1-2-8(10(9)7-13)4-5-11(14)15/h1-3H,4-5H2,(H,14,15). The number of nitrogens with zero attached hydrogens (tertiary/aromatic N) is 2. The Morgan fingerprint density at radius 1 is 1.33 bits per heavy atom. The minimum atomic E-state index is -0.916. The molecule has 0 radical (unpaired) electrons. The van der Waals surface area contributed by atoms with Crippen molar-refractivity contribution in [1.82, 2.24) is 0 Å². The summed E-state index contributed by atoms with van der Waals surface area (Å²) < 4.78 is 0. The summed E-state index contributed by atoms with van der Waals surface area (Å²) in [6.45, 7) is 0. The van der Waals surface area contributed by atoms with E-state index in [4.69, 9.17) is 15.6 Å². The third-order valence-corrected chi connectivity index (χ3v) is 1.99. The Balaban J connectivity index is 3.04. The lowest BCUT2D eigenvalue weighted by molar-refractivity contribution is -0.136. The Morgan fingerprint density at radius 3 is 2.60 bits per heavy atom. The fourth-order valence-corrected chi connectivity index (χ4v) is 1.28. The maximum atomic E-state index is 10.4. The summed E-state index contributed by atoms with van der Waals surface area (Å²) in [4.78, 5) is 10.4. The zero-order chi connectivity index (χ0) is 11.3. The van der Waals surface area contributed by atoms with Gasteiger partial charge in [0.2, 0.25) is 0 Å². The zero-order valence-electron chi connectivity index (χ0n) is 7.90. The Bertz CT molecular complexity index is 466. The minimum absolute atomic E-state index is 0.0381. The fraction of sp³-hybridized carbons (Fsp3) is 0.182. The van der Waals surface area contributed by atoms with E-state index in [-0.39, 0.29) is 18.4 Å². The van der Waals surface area contributed by atoms with E-state index in [1.807, 2.05) is 12.1 Å². The monoisotopic (exact) mass is 200 g/mol. The summed E-state index contributed by atoms with van der Waals surface area (Å²) in [6.07, 6.45) is 0.233. The zero-order valence-corrected chi connectivity index (χ0v) is 7.90. The summed E-state index contributed by atoms with van der Waals surface area (Å²) in [5.41, 5.74) is 1.18. The van der Waals surface area contributed by atoms with Crippen molar-refractivity contribution in [2.45, 2.75) is 12.8 Å². The van der Waals surface area contributed by atoms with E-state index in [1.54, 1.807) is 18.2 Å². The van der Waals surface area contributed by atoms with Crippen molar-refractivity contribution in [3.63, 3.8) is 0 Å². The van der Waals surface area contributed by atoms with E-state index in [1.165, 1.54) is 0 Å². The van der Waals surface area contributed by atoms with Gasteiger partial charge in [-0.15, -0.1) is 0 Å². The van der Waals surface area contributed by atoms with Gasteiger partial charge < -0.3 is 5.11 Å². The molecule has 1 rings (SSSR count). The van der Waals surface area contributed by atoms with Crippen molar-refractivity contribution in [2.75, 3.05) is 0 Å². The van der Waals surface area contributed by atoms with Gasteiger partial charge in [-0.1, -0.05) is 12.1 Å². The van der Waals surface area contributed by atoms with Gasteiger partial charge in [0.05, 0.1) is 11.1 Å². The highest BCUT2D eigenvalue weighted by atomic mass is 16.4. The highest BCUT2D eigenvalue weighted by Gasteiger charge is 2.08. The number of nitriles is 2. The molecular weight excluding hydrogens is 192 g/mol. The van der Waals surface area contributed by atoms with Crippen LogP contribution < -0.4 is 0 Å². The Kier molecular flexibility index (Phi) is 3.43. The molecule has 0 heterocycles. The van der Waals surface area contributed by atoms with Gasteiger partial charge in [0.15, 0.2) is 0 Å². The Labute approximate surface area is 87.0 Å². The van der Waals surface area contributed by atoms with Gasteiger partial charge in [0.25, 0.3) is 0 Å². The molecule has 0 fully saturated rings. The Hall–Kier alpha value is -2.33. The van der Waals surface area contributed by atoms with E-state index in [2.05, 4.69) is 0 Å². The molecule has 0 bridgehead atoms. The summed E-state index contributed by atoms with van der Waals surface area (Å²) in [5, 5.41) is 26.1. The normalized spacial score (nSPS) is 8.93. The first-order valence-electron chi connectivity index (χ1n) is 4.33. The van der Waals surface area contributed by atoms with Crippen LogP contribution in [0.3, 0.4) is 0 Å². The number of aliphatic carboxylic acids is 1. The fourth-order valence-electron chi connectivity index (χ4n) is 1.28. The third-order valence-electron chi connectivity index (χ3n) is 1.99. The molecule has 0 saturated carbocycles. The quantitative estimate of drug-likeness (QED) is 0.800. The molecule has 0 unspecified atom stereocenters. The van der Waals surface area contributed by atoms with Crippen LogP contribution in [-0.2, 0) is 11.2 Å². The number of benzene rings is 1. The van der Waals surface area contributed by atoms with Gasteiger partial charge in [-0.25, -0.2) is 0 Å². The number of hydrogen-bond donors (Lipinski definition) is 1. The molecular formula is C11H8N2O2. The van der Waals surface area contributed by atoms with Gasteiger partial charge in [0.1, 0.15) is 12.1 Å². The molecule has 0 aromatic heterocycles. The largest absolute Gasteiger partial charge is 0.481 e. The molecule has 0 amide bonds. The van der Waals surface area contributed by atoms with E-state index in [9.17, 15) is 4.79 Å². The van der Waals surface area contributed by atoms with Crippen molar-refractivity contribution < 1.29 is 9.90 Å². The maximum Gasteiger partial charge on any atom is 0.303 e. The van der Waals surface area contributed by atoms with Crippen LogP contribution in [0, 0.1) is 22.7 Å². The number of aryl methyl sites for hydroxylation is 1. The highest BCUT2D eigenvalue weighted by molar-refractivity contribution is 5.67. The van der Waals surface area contributed by atoms with Crippen LogP contribution in [0.25, 0.3) is 0 Å². The van der Waals surface area contributed by atoms with Crippen molar-refractivity contribution in [2.24, 2.45) is 0 Å². The highest BCUT2D eigenvalue weighted by Crippen LogP contribution is 2.14. The number of carbonyl (C=O) groups is 1. The average molecular weight is 200 g/mol. The van der Waals surface area contributed by atoms with Crippen molar-refractivity contribution in [1.29, 1.82) is 10.5 Å². The first-order valence-corrected chi connectivity index (χ1v) is 4.33. The number of carboxylic acid groups (broad SMARTS) is 1.